The molecule has 1 aromatic carbocycles. The SMILES string of the molecule is CN(C(CN)C1CC1)S(=O)(=O)c1cccc(C(F)(F)F)c1. The minimum atomic E-state index is -4.58. The van der Waals surface area contributed by atoms with Gasteiger partial charge in [0.2, 0.25) is 10.0 Å². The fourth-order valence-corrected chi connectivity index (χ4v) is 3.77. The Labute approximate surface area is 121 Å². The van der Waals surface area contributed by atoms with Crippen molar-refractivity contribution in [3.63, 3.8) is 0 Å². The Balaban J connectivity index is 2.35. The summed E-state index contributed by atoms with van der Waals surface area (Å²) in [7, 11) is -2.62. The Morgan fingerprint density at radius 1 is 1.38 bits per heavy atom. The first kappa shape index (κ1) is 16.3. The van der Waals surface area contributed by atoms with E-state index in [9.17, 15) is 21.6 Å². The van der Waals surface area contributed by atoms with Gasteiger partial charge in [0.05, 0.1) is 10.5 Å². The van der Waals surface area contributed by atoms with Crippen molar-refractivity contribution in [2.24, 2.45) is 11.7 Å². The highest BCUT2D eigenvalue weighted by Gasteiger charge is 2.39. The van der Waals surface area contributed by atoms with Crippen LogP contribution in [0.4, 0.5) is 13.2 Å². The van der Waals surface area contributed by atoms with Crippen LogP contribution in [0.2, 0.25) is 0 Å². The predicted octanol–water partition coefficient (Wildman–Crippen LogP) is 2.06. The molecule has 1 aromatic rings. The van der Waals surface area contributed by atoms with E-state index in [1.165, 1.54) is 13.1 Å². The first-order valence-corrected chi connectivity index (χ1v) is 7.97. The minimum Gasteiger partial charge on any atom is -0.329 e. The van der Waals surface area contributed by atoms with Crippen LogP contribution in [0.3, 0.4) is 0 Å². The van der Waals surface area contributed by atoms with Gasteiger partial charge in [0.25, 0.3) is 0 Å². The molecule has 0 radical (unpaired) electrons. The van der Waals surface area contributed by atoms with Crippen molar-refractivity contribution in [1.29, 1.82) is 0 Å². The quantitative estimate of drug-likeness (QED) is 0.902. The van der Waals surface area contributed by atoms with E-state index in [2.05, 4.69) is 0 Å². The van der Waals surface area contributed by atoms with Crippen LogP contribution in [-0.2, 0) is 16.2 Å². The van der Waals surface area contributed by atoms with Crippen LogP contribution < -0.4 is 5.73 Å². The lowest BCUT2D eigenvalue weighted by atomic mass is 10.2. The van der Waals surface area contributed by atoms with Crippen molar-refractivity contribution in [3.8, 4) is 0 Å². The van der Waals surface area contributed by atoms with E-state index < -0.39 is 21.8 Å². The van der Waals surface area contributed by atoms with Gasteiger partial charge in [-0.25, -0.2) is 8.42 Å². The summed E-state index contributed by atoms with van der Waals surface area (Å²) in [6, 6.07) is 3.40. The van der Waals surface area contributed by atoms with Gasteiger partial charge in [-0.2, -0.15) is 17.5 Å². The summed E-state index contributed by atoms with van der Waals surface area (Å²) in [5, 5.41) is 0. The largest absolute Gasteiger partial charge is 0.416 e. The first-order valence-electron chi connectivity index (χ1n) is 6.53. The van der Waals surface area contributed by atoms with Crippen LogP contribution in [0.5, 0.6) is 0 Å². The number of likely N-dealkylation sites (N-methyl/N-ethyl adjacent to an activating group) is 1. The van der Waals surface area contributed by atoms with Crippen molar-refractivity contribution in [1.82, 2.24) is 4.31 Å². The molecule has 0 amide bonds. The molecule has 1 unspecified atom stereocenters. The minimum absolute atomic E-state index is 0.152. The monoisotopic (exact) mass is 322 g/mol. The highest BCUT2D eigenvalue weighted by molar-refractivity contribution is 7.89. The number of halogens is 3. The van der Waals surface area contributed by atoms with Crippen LogP contribution in [-0.4, -0.2) is 32.4 Å². The molecule has 118 valence electrons. The first-order chi connectivity index (χ1) is 9.67. The summed E-state index contributed by atoms with van der Waals surface area (Å²) in [6.45, 7) is 0.152. The molecule has 2 N–H and O–H groups in total. The summed E-state index contributed by atoms with van der Waals surface area (Å²) in [4.78, 5) is -0.362. The highest BCUT2D eigenvalue weighted by atomic mass is 32.2. The molecular weight excluding hydrogens is 305 g/mol. The zero-order valence-electron chi connectivity index (χ0n) is 11.5. The molecular formula is C13H17F3N2O2S. The summed E-state index contributed by atoms with van der Waals surface area (Å²) in [5.41, 5.74) is 4.62. The predicted molar refractivity (Wildman–Crippen MR) is 72.0 cm³/mol. The second kappa shape index (κ2) is 5.58. The van der Waals surface area contributed by atoms with Crippen LogP contribution >= 0.6 is 0 Å². The Hall–Kier alpha value is -1.12. The third-order valence-electron chi connectivity index (χ3n) is 3.71. The fourth-order valence-electron chi connectivity index (χ4n) is 2.30. The van der Waals surface area contributed by atoms with Crippen LogP contribution in [0.25, 0.3) is 0 Å². The van der Waals surface area contributed by atoms with Gasteiger partial charge < -0.3 is 5.73 Å². The summed E-state index contributed by atoms with van der Waals surface area (Å²) in [6.07, 6.45) is -2.79. The van der Waals surface area contributed by atoms with Gasteiger partial charge in [-0.05, 0) is 37.0 Å². The second-order valence-electron chi connectivity index (χ2n) is 5.19. The van der Waals surface area contributed by atoms with E-state index in [0.717, 1.165) is 29.3 Å². The molecule has 1 saturated carbocycles. The Morgan fingerprint density at radius 2 is 2.00 bits per heavy atom. The molecule has 0 aliphatic heterocycles. The number of nitrogens with zero attached hydrogens (tertiary/aromatic N) is 1. The second-order valence-corrected chi connectivity index (χ2v) is 7.18. The number of alkyl halides is 3. The Morgan fingerprint density at radius 3 is 2.48 bits per heavy atom. The number of sulfonamides is 1. The summed E-state index contributed by atoms with van der Waals surface area (Å²) < 4.78 is 64.1. The molecule has 0 spiro atoms. The summed E-state index contributed by atoms with van der Waals surface area (Å²) in [5.74, 6) is 0.195. The van der Waals surface area contributed by atoms with E-state index >= 15 is 0 Å². The van der Waals surface area contributed by atoms with E-state index in [1.807, 2.05) is 0 Å². The lowest BCUT2D eigenvalue weighted by Crippen LogP contribution is -2.43. The standard InChI is InChI=1S/C13H17F3N2O2S/c1-18(12(8-17)9-5-6-9)21(19,20)11-4-2-3-10(7-11)13(14,15)16/h2-4,7,9,12H,5-6,8,17H2,1H3. The molecule has 21 heavy (non-hydrogen) atoms. The molecule has 0 aromatic heterocycles. The smallest absolute Gasteiger partial charge is 0.329 e. The lowest BCUT2D eigenvalue weighted by molar-refractivity contribution is -0.137. The van der Waals surface area contributed by atoms with Gasteiger partial charge >= 0.3 is 6.18 Å². The van der Waals surface area contributed by atoms with E-state index in [1.54, 1.807) is 0 Å². The van der Waals surface area contributed by atoms with Gasteiger partial charge in [-0.15, -0.1) is 0 Å². The molecule has 1 aliphatic rings. The van der Waals surface area contributed by atoms with Gasteiger partial charge in [-0.1, -0.05) is 6.07 Å². The number of hydrogen-bond donors (Lipinski definition) is 1. The molecule has 0 heterocycles. The number of nitrogens with two attached hydrogens (primary N) is 1. The topological polar surface area (TPSA) is 63.4 Å². The van der Waals surface area contributed by atoms with Crippen LogP contribution in [0, 0.1) is 5.92 Å². The Kier molecular flexibility index (Phi) is 4.32. The molecule has 0 bridgehead atoms. The Bertz CT molecular complexity index is 612. The maximum absolute atomic E-state index is 12.7. The zero-order valence-corrected chi connectivity index (χ0v) is 12.3. The van der Waals surface area contributed by atoms with Crippen molar-refractivity contribution < 1.29 is 21.6 Å². The van der Waals surface area contributed by atoms with Crippen LogP contribution in [0.15, 0.2) is 29.2 Å². The van der Waals surface area contributed by atoms with Gasteiger partial charge in [0.1, 0.15) is 0 Å². The van der Waals surface area contributed by atoms with Gasteiger partial charge in [0, 0.05) is 19.6 Å². The fraction of sp³-hybridized carbons (Fsp3) is 0.538. The maximum atomic E-state index is 12.7. The molecule has 0 saturated heterocycles. The average molecular weight is 322 g/mol. The van der Waals surface area contributed by atoms with Crippen molar-refractivity contribution in [2.75, 3.05) is 13.6 Å². The van der Waals surface area contributed by atoms with Crippen molar-refractivity contribution >= 4 is 10.0 Å². The van der Waals surface area contributed by atoms with Crippen molar-refractivity contribution in [2.45, 2.75) is 30.0 Å². The molecule has 1 fully saturated rings. The van der Waals surface area contributed by atoms with Crippen molar-refractivity contribution in [3.05, 3.63) is 29.8 Å². The molecule has 4 nitrogen and oxygen atoms in total. The van der Waals surface area contributed by atoms with Gasteiger partial charge in [0.15, 0.2) is 0 Å². The average Bonchev–Trinajstić information content (AvgIpc) is 3.23. The molecule has 1 aliphatic carbocycles. The number of rotatable bonds is 5. The van der Waals surface area contributed by atoms with E-state index in [0.29, 0.717) is 6.07 Å². The third kappa shape index (κ3) is 3.38. The highest BCUT2D eigenvalue weighted by Crippen LogP contribution is 2.37. The zero-order chi connectivity index (χ0) is 15.8. The molecule has 2 rings (SSSR count). The van der Waals surface area contributed by atoms with E-state index in [4.69, 9.17) is 5.73 Å². The lowest BCUT2D eigenvalue weighted by Gasteiger charge is -2.26. The summed E-state index contributed by atoms with van der Waals surface area (Å²) >= 11 is 0. The van der Waals surface area contributed by atoms with E-state index in [-0.39, 0.29) is 23.4 Å². The van der Waals surface area contributed by atoms with Gasteiger partial charge in [-0.3, -0.25) is 0 Å². The number of benzene rings is 1. The maximum Gasteiger partial charge on any atom is 0.416 e. The normalized spacial score (nSPS) is 18.0. The number of hydrogen-bond acceptors (Lipinski definition) is 3. The third-order valence-corrected chi connectivity index (χ3v) is 5.59. The molecule has 8 heteroatoms. The van der Waals surface area contributed by atoms with Crippen LogP contribution in [0.1, 0.15) is 18.4 Å². The molecule has 1 atom stereocenters.